The van der Waals surface area contributed by atoms with E-state index in [4.69, 9.17) is 11.2 Å². The third kappa shape index (κ3) is 2.26. The number of hydrogen-bond acceptors (Lipinski definition) is 7. The van der Waals surface area contributed by atoms with Gasteiger partial charge in [-0.15, -0.1) is 6.57 Å². The normalized spacial score (nSPS) is 10.8. The smallest absolute Gasteiger partial charge is 0.371 e. The highest BCUT2D eigenvalue weighted by Gasteiger charge is 2.19. The number of aryl methyl sites for hydroxylation is 1. The van der Waals surface area contributed by atoms with Crippen LogP contribution in [0.15, 0.2) is 35.4 Å². The summed E-state index contributed by atoms with van der Waals surface area (Å²) in [7, 11) is 0. The summed E-state index contributed by atoms with van der Waals surface area (Å²) < 4.78 is 6.70. The van der Waals surface area contributed by atoms with Crippen LogP contribution in [0.4, 0.5) is 5.95 Å². The number of pyridine rings is 1. The summed E-state index contributed by atoms with van der Waals surface area (Å²) in [5.74, 6) is 0.723. The van der Waals surface area contributed by atoms with Crippen molar-refractivity contribution in [2.45, 2.75) is 13.5 Å². The lowest BCUT2D eigenvalue weighted by Crippen LogP contribution is -2.04. The largest absolute Gasteiger partial charge is 0.394 e. The van der Waals surface area contributed by atoms with Crippen LogP contribution >= 0.6 is 0 Å². The molecule has 24 heavy (non-hydrogen) atoms. The van der Waals surface area contributed by atoms with Crippen molar-refractivity contribution in [1.29, 1.82) is 0 Å². The van der Waals surface area contributed by atoms with Crippen molar-refractivity contribution in [3.05, 3.63) is 53.4 Å². The van der Waals surface area contributed by atoms with Gasteiger partial charge in [-0.25, -0.2) is 14.6 Å². The molecular formula is C15H10N8O. The van der Waals surface area contributed by atoms with Crippen LogP contribution in [-0.2, 0) is 6.54 Å². The van der Waals surface area contributed by atoms with Crippen LogP contribution in [0.25, 0.3) is 27.5 Å². The predicted octanol–water partition coefficient (Wildman–Crippen LogP) is 2.18. The van der Waals surface area contributed by atoms with E-state index in [1.807, 2.05) is 16.7 Å². The van der Waals surface area contributed by atoms with Crippen molar-refractivity contribution < 1.29 is 4.63 Å². The average Bonchev–Trinajstić information content (AvgIpc) is 3.19. The highest BCUT2D eigenvalue weighted by Crippen LogP contribution is 2.25. The molecule has 4 heterocycles. The van der Waals surface area contributed by atoms with Gasteiger partial charge in [0, 0.05) is 11.8 Å². The minimum absolute atomic E-state index is 0.115. The number of aromatic nitrogens is 7. The molecule has 0 spiro atoms. The van der Waals surface area contributed by atoms with Crippen LogP contribution in [0.5, 0.6) is 0 Å². The van der Waals surface area contributed by atoms with Crippen molar-refractivity contribution in [3.8, 4) is 11.5 Å². The molecule has 116 valence electrons. The monoisotopic (exact) mass is 318 g/mol. The molecule has 4 aromatic heterocycles. The highest BCUT2D eigenvalue weighted by atomic mass is 16.6. The van der Waals surface area contributed by atoms with Crippen molar-refractivity contribution >= 4 is 17.1 Å². The highest BCUT2D eigenvalue weighted by molar-refractivity contribution is 5.76. The Labute approximate surface area is 135 Å². The van der Waals surface area contributed by atoms with Crippen molar-refractivity contribution in [1.82, 2.24) is 34.8 Å². The summed E-state index contributed by atoms with van der Waals surface area (Å²) in [6, 6.07) is 3.70. The molecule has 0 saturated heterocycles. The third-order valence-electron chi connectivity index (χ3n) is 3.50. The minimum Gasteiger partial charge on any atom is -0.394 e. The first-order valence-corrected chi connectivity index (χ1v) is 7.05. The lowest BCUT2D eigenvalue weighted by atomic mass is 10.3. The number of imidazole rings is 1. The van der Waals surface area contributed by atoms with Gasteiger partial charge in [0.25, 0.3) is 0 Å². The van der Waals surface area contributed by atoms with E-state index >= 15 is 0 Å². The standard InChI is InChI=1S/C15H10N8O/c1-9-12(22-24-21-9)14-20-11-4-3-5-17-13(11)23(14)8-10-6-18-15(16-2)19-7-10/h3-7H,8H2,1H3. The van der Waals surface area contributed by atoms with Crippen LogP contribution in [0.3, 0.4) is 0 Å². The van der Waals surface area contributed by atoms with Gasteiger partial charge in [-0.1, -0.05) is 5.16 Å². The maximum atomic E-state index is 6.92. The van der Waals surface area contributed by atoms with Gasteiger partial charge >= 0.3 is 5.95 Å². The Balaban J connectivity index is 1.86. The molecule has 0 amide bonds. The molecule has 0 unspecified atom stereocenters. The van der Waals surface area contributed by atoms with Crippen LogP contribution in [0, 0.1) is 13.5 Å². The Morgan fingerprint density at radius 2 is 2.04 bits per heavy atom. The summed E-state index contributed by atoms with van der Waals surface area (Å²) in [6.07, 6.45) is 4.94. The van der Waals surface area contributed by atoms with Crippen molar-refractivity contribution in [2.75, 3.05) is 0 Å². The quantitative estimate of drug-likeness (QED) is 0.534. The molecule has 0 aliphatic carbocycles. The summed E-state index contributed by atoms with van der Waals surface area (Å²) in [4.78, 5) is 20.2. The zero-order chi connectivity index (χ0) is 16.5. The van der Waals surface area contributed by atoms with Gasteiger partial charge in [0.15, 0.2) is 17.2 Å². The Morgan fingerprint density at radius 3 is 2.75 bits per heavy atom. The van der Waals surface area contributed by atoms with Gasteiger partial charge in [-0.2, -0.15) is 9.97 Å². The lowest BCUT2D eigenvalue weighted by Gasteiger charge is -2.06. The van der Waals surface area contributed by atoms with E-state index in [0.29, 0.717) is 29.4 Å². The molecule has 9 heteroatoms. The Bertz CT molecular complexity index is 1060. The molecule has 9 nitrogen and oxygen atoms in total. The molecule has 0 saturated carbocycles. The van der Waals surface area contributed by atoms with Gasteiger partial charge in [-0.05, 0) is 24.2 Å². The Morgan fingerprint density at radius 1 is 1.21 bits per heavy atom. The van der Waals surface area contributed by atoms with E-state index in [2.05, 4.69) is 35.1 Å². The van der Waals surface area contributed by atoms with E-state index in [0.717, 1.165) is 11.1 Å². The van der Waals surface area contributed by atoms with Gasteiger partial charge in [0.05, 0.1) is 18.9 Å². The Kier molecular flexibility index (Phi) is 3.20. The maximum Gasteiger partial charge on any atom is 0.371 e. The molecule has 4 aromatic rings. The predicted molar refractivity (Wildman–Crippen MR) is 83.0 cm³/mol. The van der Waals surface area contributed by atoms with Gasteiger partial charge in [0.2, 0.25) is 0 Å². The fourth-order valence-corrected chi connectivity index (χ4v) is 2.39. The molecule has 0 aliphatic rings. The first kappa shape index (κ1) is 14.0. The number of nitrogens with zero attached hydrogens (tertiary/aromatic N) is 8. The molecular weight excluding hydrogens is 308 g/mol. The molecule has 4 rings (SSSR count). The molecule has 0 atom stereocenters. The average molecular weight is 318 g/mol. The van der Waals surface area contributed by atoms with E-state index in [-0.39, 0.29) is 5.95 Å². The first-order valence-electron chi connectivity index (χ1n) is 7.05. The topological polar surface area (TPSA) is 99.8 Å². The zero-order valence-electron chi connectivity index (χ0n) is 12.6. The number of fused-ring (bicyclic) bond motifs is 1. The molecule has 0 radical (unpaired) electrons. The fourth-order valence-electron chi connectivity index (χ4n) is 2.39. The van der Waals surface area contributed by atoms with Crippen LogP contribution in [-0.4, -0.2) is 34.8 Å². The minimum atomic E-state index is 0.115. The molecule has 0 bridgehead atoms. The van der Waals surface area contributed by atoms with E-state index < -0.39 is 0 Å². The number of rotatable bonds is 3. The molecule has 0 N–H and O–H groups in total. The van der Waals surface area contributed by atoms with Crippen molar-refractivity contribution in [3.63, 3.8) is 0 Å². The summed E-state index contributed by atoms with van der Waals surface area (Å²) >= 11 is 0. The van der Waals surface area contributed by atoms with Crippen LogP contribution in [0.1, 0.15) is 11.3 Å². The zero-order valence-corrected chi connectivity index (χ0v) is 12.6. The summed E-state index contributed by atoms with van der Waals surface area (Å²) in [5.41, 5.74) is 3.48. The van der Waals surface area contributed by atoms with Crippen LogP contribution < -0.4 is 0 Å². The van der Waals surface area contributed by atoms with E-state index in [1.54, 1.807) is 25.5 Å². The maximum absolute atomic E-state index is 6.92. The summed E-state index contributed by atoms with van der Waals surface area (Å²) in [5, 5.41) is 7.76. The van der Waals surface area contributed by atoms with Crippen LogP contribution in [0.2, 0.25) is 0 Å². The van der Waals surface area contributed by atoms with E-state index in [1.165, 1.54) is 0 Å². The van der Waals surface area contributed by atoms with E-state index in [9.17, 15) is 0 Å². The second-order valence-electron chi connectivity index (χ2n) is 5.07. The Hall–Kier alpha value is -3.67. The number of hydrogen-bond donors (Lipinski definition) is 0. The second-order valence-corrected chi connectivity index (χ2v) is 5.07. The molecule has 0 fully saturated rings. The lowest BCUT2D eigenvalue weighted by molar-refractivity contribution is 0.305. The molecule has 0 aliphatic heterocycles. The first-order chi connectivity index (χ1) is 11.8. The molecule has 0 aromatic carbocycles. The fraction of sp³-hybridized carbons (Fsp3) is 0.133. The van der Waals surface area contributed by atoms with Gasteiger partial charge < -0.3 is 9.41 Å². The van der Waals surface area contributed by atoms with Gasteiger partial charge in [-0.3, -0.25) is 0 Å². The third-order valence-corrected chi connectivity index (χ3v) is 3.50. The summed E-state index contributed by atoms with van der Waals surface area (Å²) in [6.45, 7) is 9.16. The van der Waals surface area contributed by atoms with Gasteiger partial charge in [0.1, 0.15) is 11.2 Å². The SMILES string of the molecule is [C-]#[N+]c1ncc(Cn2c(-c3nonc3C)nc3cccnc32)cn1. The second kappa shape index (κ2) is 5.51. The van der Waals surface area contributed by atoms with Crippen molar-refractivity contribution in [2.24, 2.45) is 0 Å².